The molecule has 0 saturated heterocycles. The molecule has 0 aliphatic rings. The van der Waals surface area contributed by atoms with Gasteiger partial charge in [-0.25, -0.2) is 9.78 Å². The van der Waals surface area contributed by atoms with Crippen LogP contribution >= 0.6 is 11.3 Å². The highest BCUT2D eigenvalue weighted by Gasteiger charge is 2.22. The third-order valence-corrected chi connectivity index (χ3v) is 4.89. The Labute approximate surface area is 155 Å². The molecule has 0 spiro atoms. The third-order valence-electron chi connectivity index (χ3n) is 4.00. The molecule has 6 heteroatoms. The van der Waals surface area contributed by atoms with Crippen LogP contribution in [0.5, 0.6) is 0 Å². The van der Waals surface area contributed by atoms with Crippen molar-refractivity contribution in [2.75, 3.05) is 19.1 Å². The molecule has 1 aromatic heterocycles. The number of aryl methyl sites for hydroxylation is 1. The Balaban J connectivity index is 1.88. The van der Waals surface area contributed by atoms with Gasteiger partial charge in [-0.2, -0.15) is 0 Å². The second-order valence-corrected chi connectivity index (χ2v) is 6.63. The molecule has 0 aliphatic carbocycles. The van der Waals surface area contributed by atoms with Gasteiger partial charge < -0.3 is 9.64 Å². The lowest BCUT2D eigenvalue weighted by Gasteiger charge is -2.18. The summed E-state index contributed by atoms with van der Waals surface area (Å²) in [6.45, 7) is 2.02. The molecule has 5 nitrogen and oxygen atoms in total. The molecule has 0 bridgehead atoms. The molecule has 1 heterocycles. The van der Waals surface area contributed by atoms with Gasteiger partial charge in [-0.15, -0.1) is 11.3 Å². The molecule has 0 saturated carbocycles. The number of anilines is 1. The van der Waals surface area contributed by atoms with Gasteiger partial charge >= 0.3 is 5.97 Å². The monoisotopic (exact) mass is 366 g/mol. The number of nitrogens with zero attached hydrogens (tertiary/aromatic N) is 2. The van der Waals surface area contributed by atoms with Crippen molar-refractivity contribution in [3.63, 3.8) is 0 Å². The maximum absolute atomic E-state index is 12.8. The van der Waals surface area contributed by atoms with Crippen LogP contribution in [0.3, 0.4) is 0 Å². The van der Waals surface area contributed by atoms with Crippen LogP contribution in [0.15, 0.2) is 53.9 Å². The Morgan fingerprint density at radius 2 is 1.77 bits per heavy atom. The van der Waals surface area contributed by atoms with Gasteiger partial charge in [0, 0.05) is 18.0 Å². The fourth-order valence-corrected chi connectivity index (χ4v) is 3.33. The van der Waals surface area contributed by atoms with Crippen molar-refractivity contribution in [1.29, 1.82) is 0 Å². The van der Waals surface area contributed by atoms with Crippen LogP contribution in [0.25, 0.3) is 10.6 Å². The lowest BCUT2D eigenvalue weighted by Crippen LogP contribution is -2.28. The van der Waals surface area contributed by atoms with Gasteiger partial charge in [-0.05, 0) is 19.1 Å². The van der Waals surface area contributed by atoms with E-state index >= 15 is 0 Å². The minimum Gasteiger partial charge on any atom is -0.465 e. The predicted octanol–water partition coefficient (Wildman–Crippen LogP) is 4.18. The van der Waals surface area contributed by atoms with Crippen LogP contribution in [-0.4, -0.2) is 31.0 Å². The second kappa shape index (κ2) is 7.49. The molecule has 26 heavy (non-hydrogen) atoms. The predicted molar refractivity (Wildman–Crippen MR) is 103 cm³/mol. The van der Waals surface area contributed by atoms with Crippen molar-refractivity contribution < 1.29 is 14.3 Å². The van der Waals surface area contributed by atoms with E-state index in [4.69, 9.17) is 4.74 Å². The van der Waals surface area contributed by atoms with Gasteiger partial charge in [0.25, 0.3) is 5.91 Å². The van der Waals surface area contributed by atoms with Gasteiger partial charge in [-0.1, -0.05) is 42.0 Å². The summed E-state index contributed by atoms with van der Waals surface area (Å²) in [6.07, 6.45) is 0. The first kappa shape index (κ1) is 17.8. The Morgan fingerprint density at radius 1 is 1.08 bits per heavy atom. The second-order valence-electron chi connectivity index (χ2n) is 5.78. The summed E-state index contributed by atoms with van der Waals surface area (Å²) in [5.41, 5.74) is 3.29. The zero-order valence-corrected chi connectivity index (χ0v) is 15.5. The Kier molecular flexibility index (Phi) is 5.14. The number of thiazole rings is 1. The van der Waals surface area contributed by atoms with Crippen LogP contribution in [0, 0.1) is 6.92 Å². The van der Waals surface area contributed by atoms with E-state index in [1.165, 1.54) is 28.9 Å². The number of esters is 1. The lowest BCUT2D eigenvalue weighted by molar-refractivity contribution is 0.0601. The molecule has 0 fully saturated rings. The first-order valence-electron chi connectivity index (χ1n) is 7.99. The summed E-state index contributed by atoms with van der Waals surface area (Å²) in [5, 5.41) is 2.51. The highest BCUT2D eigenvalue weighted by atomic mass is 32.1. The van der Waals surface area contributed by atoms with Crippen LogP contribution in [0.2, 0.25) is 0 Å². The molecule has 0 radical (unpaired) electrons. The zero-order valence-electron chi connectivity index (χ0n) is 14.7. The van der Waals surface area contributed by atoms with E-state index in [0.29, 0.717) is 16.9 Å². The molecule has 3 rings (SSSR count). The van der Waals surface area contributed by atoms with Crippen molar-refractivity contribution in [2.45, 2.75) is 6.92 Å². The smallest absolute Gasteiger partial charge is 0.339 e. The van der Waals surface area contributed by atoms with Crippen molar-refractivity contribution in [1.82, 2.24) is 4.98 Å². The highest BCUT2D eigenvalue weighted by molar-refractivity contribution is 7.13. The Morgan fingerprint density at radius 3 is 2.46 bits per heavy atom. The SMILES string of the molecule is COC(=O)c1ccccc1N(C)C(=O)c1csc(-c2ccc(C)cc2)n1. The average molecular weight is 366 g/mol. The van der Waals surface area contributed by atoms with Crippen molar-refractivity contribution >= 4 is 28.9 Å². The van der Waals surface area contributed by atoms with Gasteiger partial charge in [0.2, 0.25) is 0 Å². The number of amides is 1. The van der Waals surface area contributed by atoms with Crippen LogP contribution in [0.1, 0.15) is 26.4 Å². The van der Waals surface area contributed by atoms with Gasteiger partial charge in [-0.3, -0.25) is 4.79 Å². The first-order chi connectivity index (χ1) is 12.5. The number of hydrogen-bond donors (Lipinski definition) is 0. The zero-order chi connectivity index (χ0) is 18.7. The molecule has 132 valence electrons. The number of hydrogen-bond acceptors (Lipinski definition) is 5. The van der Waals surface area contributed by atoms with E-state index in [1.54, 1.807) is 36.7 Å². The summed E-state index contributed by atoms with van der Waals surface area (Å²) in [5.74, 6) is -0.769. The molecule has 3 aromatic rings. The standard InChI is InChI=1S/C20H18N2O3S/c1-13-8-10-14(11-9-13)18-21-16(12-26-18)19(23)22(2)17-7-5-4-6-15(17)20(24)25-3/h4-12H,1-3H3. The van der Waals surface area contributed by atoms with Gasteiger partial charge in [0.1, 0.15) is 10.7 Å². The molecule has 0 atom stereocenters. The maximum atomic E-state index is 12.8. The van der Waals surface area contributed by atoms with Gasteiger partial charge in [0.05, 0.1) is 18.4 Å². The number of para-hydroxylation sites is 1. The fourth-order valence-electron chi connectivity index (χ4n) is 2.53. The molecule has 0 N–H and O–H groups in total. The molecular weight excluding hydrogens is 348 g/mol. The summed E-state index contributed by atoms with van der Waals surface area (Å²) in [4.78, 5) is 30.6. The van der Waals surface area contributed by atoms with E-state index in [2.05, 4.69) is 4.98 Å². The number of ether oxygens (including phenoxy) is 1. The quantitative estimate of drug-likeness (QED) is 0.650. The molecule has 0 aliphatic heterocycles. The number of methoxy groups -OCH3 is 1. The summed E-state index contributed by atoms with van der Waals surface area (Å²) in [6, 6.07) is 14.8. The topological polar surface area (TPSA) is 59.5 Å². The normalized spacial score (nSPS) is 10.4. The molecule has 1 amide bonds. The van der Waals surface area contributed by atoms with Gasteiger partial charge in [0.15, 0.2) is 0 Å². The largest absolute Gasteiger partial charge is 0.465 e. The minimum absolute atomic E-state index is 0.282. The minimum atomic E-state index is -0.487. The highest BCUT2D eigenvalue weighted by Crippen LogP contribution is 2.26. The van der Waals surface area contributed by atoms with Crippen LogP contribution in [0.4, 0.5) is 5.69 Å². The molecular formula is C20H18N2O3S. The van der Waals surface area contributed by atoms with E-state index in [9.17, 15) is 9.59 Å². The van der Waals surface area contributed by atoms with Crippen molar-refractivity contribution in [2.24, 2.45) is 0 Å². The Bertz CT molecular complexity index is 948. The molecule has 2 aromatic carbocycles. The molecule has 0 unspecified atom stereocenters. The van der Waals surface area contributed by atoms with E-state index in [1.807, 2.05) is 31.2 Å². The number of aromatic nitrogens is 1. The van der Waals surface area contributed by atoms with Crippen LogP contribution < -0.4 is 4.90 Å². The number of benzene rings is 2. The van der Waals surface area contributed by atoms with E-state index in [0.717, 1.165) is 10.6 Å². The van der Waals surface area contributed by atoms with E-state index in [-0.39, 0.29) is 5.91 Å². The van der Waals surface area contributed by atoms with Crippen LogP contribution in [-0.2, 0) is 4.74 Å². The average Bonchev–Trinajstić information content (AvgIpc) is 3.17. The first-order valence-corrected chi connectivity index (χ1v) is 8.87. The summed E-state index contributed by atoms with van der Waals surface area (Å²) in [7, 11) is 2.93. The number of carbonyl (C=O) groups excluding carboxylic acids is 2. The van der Waals surface area contributed by atoms with Crippen molar-refractivity contribution in [3.05, 3.63) is 70.7 Å². The number of rotatable bonds is 4. The van der Waals surface area contributed by atoms with E-state index < -0.39 is 5.97 Å². The summed E-state index contributed by atoms with van der Waals surface area (Å²) >= 11 is 1.41. The Hall–Kier alpha value is -2.99. The fraction of sp³-hybridized carbons (Fsp3) is 0.150. The summed E-state index contributed by atoms with van der Waals surface area (Å²) < 4.78 is 4.79. The van der Waals surface area contributed by atoms with Crippen molar-refractivity contribution in [3.8, 4) is 10.6 Å². The lowest BCUT2D eigenvalue weighted by atomic mass is 10.1. The third kappa shape index (κ3) is 3.50. The maximum Gasteiger partial charge on any atom is 0.339 e. The number of carbonyl (C=O) groups is 2.